The predicted molar refractivity (Wildman–Crippen MR) is 86.1 cm³/mol. The summed E-state index contributed by atoms with van der Waals surface area (Å²) < 4.78 is 0. The third-order valence-corrected chi connectivity index (χ3v) is 4.86. The first-order valence-corrected chi connectivity index (χ1v) is 8.56. The average Bonchev–Trinajstić information content (AvgIpc) is 2.47. The van der Waals surface area contributed by atoms with E-state index in [2.05, 4.69) is 6.92 Å². The van der Waals surface area contributed by atoms with E-state index in [0.29, 0.717) is 0 Å². The van der Waals surface area contributed by atoms with Crippen molar-refractivity contribution >= 4 is 29.3 Å². The van der Waals surface area contributed by atoms with Crippen LogP contribution in [0, 0.1) is 0 Å². The maximum atomic E-state index is 12.5. The number of halogens is 1. The van der Waals surface area contributed by atoms with Gasteiger partial charge in [-0.25, -0.2) is 0 Å². The summed E-state index contributed by atoms with van der Waals surface area (Å²) in [5, 5.41) is 0.720. The van der Waals surface area contributed by atoms with Crippen LogP contribution < -0.4 is 5.73 Å². The summed E-state index contributed by atoms with van der Waals surface area (Å²) in [6, 6.07) is 7.50. The molecule has 2 N–H and O–H groups in total. The van der Waals surface area contributed by atoms with Gasteiger partial charge < -0.3 is 10.6 Å². The van der Waals surface area contributed by atoms with Gasteiger partial charge in [0.1, 0.15) is 0 Å². The molecule has 0 radical (unpaired) electrons. The van der Waals surface area contributed by atoms with Crippen molar-refractivity contribution in [3.8, 4) is 0 Å². The minimum Gasteiger partial charge on any atom is -0.333 e. The van der Waals surface area contributed by atoms with Crippen molar-refractivity contribution < 1.29 is 4.79 Å². The lowest BCUT2D eigenvalue weighted by atomic mass is 10.0. The number of thioether (sulfide) groups is 1. The van der Waals surface area contributed by atoms with E-state index in [4.69, 9.17) is 17.3 Å². The quantitative estimate of drug-likeness (QED) is 0.929. The van der Waals surface area contributed by atoms with Crippen molar-refractivity contribution in [3.05, 3.63) is 34.9 Å². The standard InChI is InChI=1S/C15H21ClN2OS/c1-2-3-13(17)15(19)18-8-9-20-10-14(18)11-4-6-12(16)7-5-11/h4-7,13-14H,2-3,8-10,17H2,1H3. The first kappa shape index (κ1) is 15.7. The van der Waals surface area contributed by atoms with Crippen molar-refractivity contribution in [2.24, 2.45) is 5.73 Å². The molecule has 0 bridgehead atoms. The molecule has 3 nitrogen and oxygen atoms in total. The second-order valence-electron chi connectivity index (χ2n) is 5.07. The van der Waals surface area contributed by atoms with Crippen LogP contribution >= 0.6 is 23.4 Å². The molecule has 1 aromatic carbocycles. The Labute approximate surface area is 129 Å². The van der Waals surface area contributed by atoms with Crippen LogP contribution in [0.1, 0.15) is 31.4 Å². The van der Waals surface area contributed by atoms with E-state index in [1.807, 2.05) is 40.9 Å². The van der Waals surface area contributed by atoms with Crippen molar-refractivity contribution in [1.82, 2.24) is 4.90 Å². The zero-order valence-corrected chi connectivity index (χ0v) is 13.3. The molecule has 110 valence electrons. The van der Waals surface area contributed by atoms with E-state index in [0.717, 1.165) is 41.5 Å². The van der Waals surface area contributed by atoms with E-state index >= 15 is 0 Å². The van der Waals surface area contributed by atoms with Crippen LogP contribution in [0.4, 0.5) is 0 Å². The molecule has 5 heteroatoms. The number of rotatable bonds is 4. The molecule has 1 aliphatic heterocycles. The zero-order valence-electron chi connectivity index (χ0n) is 11.7. The largest absolute Gasteiger partial charge is 0.333 e. The lowest BCUT2D eigenvalue weighted by Crippen LogP contribution is -2.48. The lowest BCUT2D eigenvalue weighted by molar-refractivity contribution is -0.134. The first-order valence-electron chi connectivity index (χ1n) is 7.02. The van der Waals surface area contributed by atoms with Crippen LogP contribution in [-0.4, -0.2) is 34.9 Å². The third-order valence-electron chi connectivity index (χ3n) is 3.58. The van der Waals surface area contributed by atoms with E-state index in [1.54, 1.807) is 0 Å². The highest BCUT2D eigenvalue weighted by molar-refractivity contribution is 7.99. The molecule has 1 saturated heterocycles. The fourth-order valence-corrected chi connectivity index (χ4v) is 3.69. The molecular weight excluding hydrogens is 292 g/mol. The topological polar surface area (TPSA) is 46.3 Å². The SMILES string of the molecule is CCCC(N)C(=O)N1CCSCC1c1ccc(Cl)cc1. The fraction of sp³-hybridized carbons (Fsp3) is 0.533. The van der Waals surface area contributed by atoms with Gasteiger partial charge in [-0.3, -0.25) is 4.79 Å². The van der Waals surface area contributed by atoms with E-state index in [-0.39, 0.29) is 18.0 Å². The lowest BCUT2D eigenvalue weighted by Gasteiger charge is -2.37. The van der Waals surface area contributed by atoms with Gasteiger partial charge in [0, 0.05) is 23.1 Å². The number of amides is 1. The Hall–Kier alpha value is -0.710. The summed E-state index contributed by atoms with van der Waals surface area (Å²) >= 11 is 7.82. The van der Waals surface area contributed by atoms with Gasteiger partial charge in [-0.15, -0.1) is 0 Å². The maximum absolute atomic E-state index is 12.5. The molecule has 0 aliphatic carbocycles. The smallest absolute Gasteiger partial charge is 0.240 e. The van der Waals surface area contributed by atoms with E-state index in [1.165, 1.54) is 0 Å². The van der Waals surface area contributed by atoms with Crippen LogP contribution in [-0.2, 0) is 4.79 Å². The molecule has 1 aromatic rings. The Bertz CT molecular complexity index is 452. The van der Waals surface area contributed by atoms with E-state index in [9.17, 15) is 4.79 Å². The van der Waals surface area contributed by atoms with Crippen LogP contribution in [0.3, 0.4) is 0 Å². The molecule has 2 rings (SSSR count). The van der Waals surface area contributed by atoms with Gasteiger partial charge in [0.15, 0.2) is 0 Å². The van der Waals surface area contributed by atoms with Gasteiger partial charge in [0.2, 0.25) is 5.91 Å². The molecule has 0 aromatic heterocycles. The highest BCUT2D eigenvalue weighted by atomic mass is 35.5. The van der Waals surface area contributed by atoms with Crippen LogP contribution in [0.25, 0.3) is 0 Å². The molecule has 0 spiro atoms. The number of carbonyl (C=O) groups excluding carboxylic acids is 1. The van der Waals surface area contributed by atoms with Gasteiger partial charge in [-0.2, -0.15) is 11.8 Å². The number of nitrogens with two attached hydrogens (primary N) is 1. The molecule has 1 aliphatic rings. The summed E-state index contributed by atoms with van der Waals surface area (Å²) in [5.74, 6) is 1.98. The number of hydrogen-bond acceptors (Lipinski definition) is 3. The van der Waals surface area contributed by atoms with Crippen LogP contribution in [0.15, 0.2) is 24.3 Å². The van der Waals surface area contributed by atoms with Gasteiger partial charge in [0.25, 0.3) is 0 Å². The number of nitrogens with zero attached hydrogens (tertiary/aromatic N) is 1. The van der Waals surface area contributed by atoms with Crippen LogP contribution in [0.2, 0.25) is 5.02 Å². The number of carbonyl (C=O) groups is 1. The van der Waals surface area contributed by atoms with Crippen LogP contribution in [0.5, 0.6) is 0 Å². The molecule has 20 heavy (non-hydrogen) atoms. The van der Waals surface area contributed by atoms with E-state index < -0.39 is 0 Å². The fourth-order valence-electron chi connectivity index (χ4n) is 2.48. The number of hydrogen-bond donors (Lipinski definition) is 1. The van der Waals surface area contributed by atoms with Crippen molar-refractivity contribution in [3.63, 3.8) is 0 Å². The Morgan fingerprint density at radius 1 is 1.50 bits per heavy atom. The van der Waals surface area contributed by atoms with Crippen molar-refractivity contribution in [2.45, 2.75) is 31.8 Å². The monoisotopic (exact) mass is 312 g/mol. The Morgan fingerprint density at radius 3 is 2.85 bits per heavy atom. The summed E-state index contributed by atoms with van der Waals surface area (Å²) in [6.45, 7) is 2.82. The van der Waals surface area contributed by atoms with Gasteiger partial charge in [-0.1, -0.05) is 37.1 Å². The minimum atomic E-state index is -0.377. The number of benzene rings is 1. The normalized spacial score (nSPS) is 20.8. The molecule has 2 atom stereocenters. The van der Waals surface area contributed by atoms with Crippen molar-refractivity contribution in [1.29, 1.82) is 0 Å². The minimum absolute atomic E-state index is 0.0760. The molecule has 1 amide bonds. The summed E-state index contributed by atoms with van der Waals surface area (Å²) in [6.07, 6.45) is 1.68. The second-order valence-corrected chi connectivity index (χ2v) is 6.66. The summed E-state index contributed by atoms with van der Waals surface area (Å²) in [5.41, 5.74) is 7.14. The first-order chi connectivity index (χ1) is 9.63. The Balaban J connectivity index is 2.16. The molecule has 2 unspecified atom stereocenters. The molecular formula is C15H21ClN2OS. The van der Waals surface area contributed by atoms with Gasteiger partial charge in [-0.05, 0) is 24.1 Å². The third kappa shape index (κ3) is 3.68. The Morgan fingerprint density at radius 2 is 2.20 bits per heavy atom. The highest BCUT2D eigenvalue weighted by Crippen LogP contribution is 2.30. The predicted octanol–water partition coefficient (Wildman–Crippen LogP) is 3.08. The van der Waals surface area contributed by atoms with Gasteiger partial charge >= 0.3 is 0 Å². The molecule has 0 saturated carbocycles. The van der Waals surface area contributed by atoms with Gasteiger partial charge in [0.05, 0.1) is 12.1 Å². The molecule has 1 heterocycles. The molecule has 1 fully saturated rings. The average molecular weight is 313 g/mol. The summed E-state index contributed by atoms with van der Waals surface area (Å²) in [7, 11) is 0. The Kier molecular flexibility index (Phi) is 5.75. The highest BCUT2D eigenvalue weighted by Gasteiger charge is 2.30. The van der Waals surface area contributed by atoms with Crippen molar-refractivity contribution in [2.75, 3.05) is 18.1 Å². The second kappa shape index (κ2) is 7.34. The summed E-state index contributed by atoms with van der Waals surface area (Å²) in [4.78, 5) is 14.4. The zero-order chi connectivity index (χ0) is 14.5. The maximum Gasteiger partial charge on any atom is 0.240 e.